The predicted molar refractivity (Wildman–Crippen MR) is 59.7 cm³/mol. The third kappa shape index (κ3) is 4.35. The summed E-state index contributed by atoms with van der Waals surface area (Å²) in [5, 5.41) is 5.83. The molecule has 0 aliphatic carbocycles. The molecule has 0 aromatic carbocycles. The second kappa shape index (κ2) is 6.90. The Kier molecular flexibility index (Phi) is 5.42. The molecule has 0 saturated heterocycles. The van der Waals surface area contributed by atoms with Gasteiger partial charge in [-0.2, -0.15) is 0 Å². The van der Waals surface area contributed by atoms with Crippen LogP contribution in [0.4, 0.5) is 4.39 Å². The van der Waals surface area contributed by atoms with Crippen LogP contribution in [-0.2, 0) is 0 Å². The zero-order chi connectivity index (χ0) is 11.8. The van der Waals surface area contributed by atoms with Gasteiger partial charge in [-0.3, -0.25) is 9.78 Å². The molecular weight excluding hydrogens is 209 g/mol. The lowest BCUT2D eigenvalue weighted by Crippen LogP contribution is -2.32. The van der Waals surface area contributed by atoms with Gasteiger partial charge in [0.25, 0.3) is 5.91 Å². The lowest BCUT2D eigenvalue weighted by molar-refractivity contribution is 0.0953. The summed E-state index contributed by atoms with van der Waals surface area (Å²) < 4.78 is 12.8. The van der Waals surface area contributed by atoms with E-state index in [2.05, 4.69) is 22.5 Å². The van der Waals surface area contributed by atoms with Crippen molar-refractivity contribution < 1.29 is 9.18 Å². The third-order valence-electron chi connectivity index (χ3n) is 1.98. The zero-order valence-corrected chi connectivity index (χ0v) is 9.29. The van der Waals surface area contributed by atoms with Crippen molar-refractivity contribution in [1.82, 2.24) is 15.6 Å². The molecule has 1 aromatic heterocycles. The number of pyridine rings is 1. The maximum Gasteiger partial charge on any atom is 0.252 e. The van der Waals surface area contributed by atoms with E-state index in [4.69, 9.17) is 0 Å². The standard InChI is InChI=1S/C11H16FN3O/c1-2-3-13-4-5-15-11(16)9-6-10(12)8-14-7-9/h6-8,13H,2-5H2,1H3,(H,15,16). The minimum atomic E-state index is -0.503. The Labute approximate surface area is 94.3 Å². The molecule has 88 valence electrons. The summed E-state index contributed by atoms with van der Waals surface area (Å²) in [6.07, 6.45) is 3.47. The average molecular weight is 225 g/mol. The summed E-state index contributed by atoms with van der Waals surface area (Å²) in [4.78, 5) is 15.1. The normalized spacial score (nSPS) is 10.1. The van der Waals surface area contributed by atoms with Gasteiger partial charge in [0.1, 0.15) is 5.82 Å². The predicted octanol–water partition coefficient (Wildman–Crippen LogP) is 0.950. The molecular formula is C11H16FN3O. The molecule has 0 unspecified atom stereocenters. The topological polar surface area (TPSA) is 54.0 Å². The molecule has 0 bridgehead atoms. The highest BCUT2D eigenvalue weighted by Gasteiger charge is 2.05. The number of carbonyl (C=O) groups excluding carboxylic acids is 1. The fourth-order valence-corrected chi connectivity index (χ4v) is 1.20. The number of halogens is 1. The van der Waals surface area contributed by atoms with Crippen molar-refractivity contribution in [3.63, 3.8) is 0 Å². The van der Waals surface area contributed by atoms with E-state index in [1.165, 1.54) is 12.3 Å². The van der Waals surface area contributed by atoms with Crippen LogP contribution in [0.2, 0.25) is 0 Å². The number of hydrogen-bond donors (Lipinski definition) is 2. The minimum absolute atomic E-state index is 0.246. The smallest absolute Gasteiger partial charge is 0.252 e. The number of aromatic nitrogens is 1. The molecule has 0 aliphatic rings. The third-order valence-corrected chi connectivity index (χ3v) is 1.98. The maximum atomic E-state index is 12.8. The summed E-state index contributed by atoms with van der Waals surface area (Å²) in [7, 11) is 0. The second-order valence-corrected chi connectivity index (χ2v) is 3.40. The van der Waals surface area contributed by atoms with Gasteiger partial charge in [-0.1, -0.05) is 6.92 Å². The molecule has 2 N–H and O–H groups in total. The number of rotatable bonds is 6. The van der Waals surface area contributed by atoms with E-state index < -0.39 is 5.82 Å². The van der Waals surface area contributed by atoms with Crippen LogP contribution in [-0.4, -0.2) is 30.5 Å². The number of nitrogens with zero attached hydrogens (tertiary/aromatic N) is 1. The van der Waals surface area contributed by atoms with Crippen LogP contribution in [0.25, 0.3) is 0 Å². The molecule has 0 atom stereocenters. The SMILES string of the molecule is CCCNCCNC(=O)c1cncc(F)c1. The number of carbonyl (C=O) groups is 1. The van der Waals surface area contributed by atoms with Crippen LogP contribution in [0, 0.1) is 5.82 Å². The first-order chi connectivity index (χ1) is 7.74. The molecule has 0 aliphatic heterocycles. The highest BCUT2D eigenvalue weighted by molar-refractivity contribution is 5.93. The van der Waals surface area contributed by atoms with E-state index in [0.29, 0.717) is 13.1 Å². The van der Waals surface area contributed by atoms with Gasteiger partial charge in [0, 0.05) is 19.3 Å². The molecule has 16 heavy (non-hydrogen) atoms. The van der Waals surface area contributed by atoms with Gasteiger partial charge < -0.3 is 10.6 Å². The van der Waals surface area contributed by atoms with E-state index >= 15 is 0 Å². The summed E-state index contributed by atoms with van der Waals surface area (Å²) >= 11 is 0. The van der Waals surface area contributed by atoms with Crippen molar-refractivity contribution in [3.8, 4) is 0 Å². The van der Waals surface area contributed by atoms with Crippen molar-refractivity contribution in [2.45, 2.75) is 13.3 Å². The van der Waals surface area contributed by atoms with Crippen molar-refractivity contribution in [3.05, 3.63) is 29.8 Å². The number of hydrogen-bond acceptors (Lipinski definition) is 3. The molecule has 1 heterocycles. The van der Waals surface area contributed by atoms with Gasteiger partial charge in [-0.15, -0.1) is 0 Å². The van der Waals surface area contributed by atoms with Crippen LogP contribution in [0.1, 0.15) is 23.7 Å². The Morgan fingerprint density at radius 3 is 2.88 bits per heavy atom. The van der Waals surface area contributed by atoms with Gasteiger partial charge in [0.05, 0.1) is 11.8 Å². The Morgan fingerprint density at radius 2 is 2.19 bits per heavy atom. The van der Waals surface area contributed by atoms with Crippen molar-refractivity contribution in [1.29, 1.82) is 0 Å². The fraction of sp³-hybridized carbons (Fsp3) is 0.455. The lowest BCUT2D eigenvalue weighted by atomic mass is 10.2. The van der Waals surface area contributed by atoms with E-state index in [1.807, 2.05) is 0 Å². The number of amides is 1. The highest BCUT2D eigenvalue weighted by Crippen LogP contribution is 1.99. The van der Waals surface area contributed by atoms with Crippen LogP contribution < -0.4 is 10.6 Å². The first kappa shape index (κ1) is 12.6. The molecule has 1 rings (SSSR count). The average Bonchev–Trinajstić information content (AvgIpc) is 2.28. The molecule has 0 fully saturated rings. The van der Waals surface area contributed by atoms with Crippen molar-refractivity contribution >= 4 is 5.91 Å². The van der Waals surface area contributed by atoms with Crippen molar-refractivity contribution in [2.24, 2.45) is 0 Å². The molecule has 1 amide bonds. The van der Waals surface area contributed by atoms with Crippen LogP contribution in [0.3, 0.4) is 0 Å². The Hall–Kier alpha value is -1.49. The summed E-state index contributed by atoms with van der Waals surface area (Å²) in [5.74, 6) is -0.804. The van der Waals surface area contributed by atoms with Gasteiger partial charge in [0.2, 0.25) is 0 Å². The van der Waals surface area contributed by atoms with Gasteiger partial charge in [0.15, 0.2) is 0 Å². The Bertz CT molecular complexity index is 344. The Morgan fingerprint density at radius 1 is 1.38 bits per heavy atom. The van der Waals surface area contributed by atoms with Crippen molar-refractivity contribution in [2.75, 3.05) is 19.6 Å². The minimum Gasteiger partial charge on any atom is -0.351 e. The Balaban J connectivity index is 2.30. The lowest BCUT2D eigenvalue weighted by Gasteiger charge is -2.05. The summed E-state index contributed by atoms with van der Waals surface area (Å²) in [6.45, 7) is 4.24. The van der Waals surface area contributed by atoms with E-state index in [-0.39, 0.29) is 11.5 Å². The van der Waals surface area contributed by atoms with Crippen LogP contribution in [0.5, 0.6) is 0 Å². The summed E-state index contributed by atoms with van der Waals surface area (Å²) in [5.41, 5.74) is 0.246. The van der Waals surface area contributed by atoms with E-state index in [9.17, 15) is 9.18 Å². The molecule has 4 nitrogen and oxygen atoms in total. The first-order valence-corrected chi connectivity index (χ1v) is 5.33. The number of nitrogens with one attached hydrogen (secondary N) is 2. The van der Waals surface area contributed by atoms with Crippen LogP contribution >= 0.6 is 0 Å². The molecule has 0 spiro atoms. The maximum absolute atomic E-state index is 12.8. The molecule has 1 aromatic rings. The molecule has 0 saturated carbocycles. The zero-order valence-electron chi connectivity index (χ0n) is 9.29. The quantitative estimate of drug-likeness (QED) is 0.709. The fourth-order valence-electron chi connectivity index (χ4n) is 1.20. The summed E-state index contributed by atoms with van der Waals surface area (Å²) in [6, 6.07) is 1.17. The van der Waals surface area contributed by atoms with E-state index in [1.54, 1.807) is 0 Å². The molecule has 0 radical (unpaired) electrons. The van der Waals surface area contributed by atoms with Gasteiger partial charge in [-0.05, 0) is 19.0 Å². The highest BCUT2D eigenvalue weighted by atomic mass is 19.1. The van der Waals surface area contributed by atoms with E-state index in [0.717, 1.165) is 19.2 Å². The van der Waals surface area contributed by atoms with Gasteiger partial charge >= 0.3 is 0 Å². The van der Waals surface area contributed by atoms with Gasteiger partial charge in [-0.25, -0.2) is 4.39 Å². The molecule has 5 heteroatoms. The first-order valence-electron chi connectivity index (χ1n) is 5.33. The monoisotopic (exact) mass is 225 g/mol. The van der Waals surface area contributed by atoms with Crippen LogP contribution in [0.15, 0.2) is 18.5 Å². The largest absolute Gasteiger partial charge is 0.351 e. The second-order valence-electron chi connectivity index (χ2n) is 3.40.